The first-order chi connectivity index (χ1) is 6.83. The molecular weight excluding hydrogens is 176 g/mol. The highest BCUT2D eigenvalue weighted by Crippen LogP contribution is 2.28. The van der Waals surface area contributed by atoms with E-state index >= 15 is 0 Å². The molecule has 1 rings (SSSR count). The number of nitrogens with one attached hydrogen (secondary N) is 2. The smallest absolute Gasteiger partial charge is 0.233 e. The number of rotatable bonds is 7. The van der Waals surface area contributed by atoms with Crippen molar-refractivity contribution < 1.29 is 4.79 Å². The fourth-order valence-electron chi connectivity index (χ4n) is 1.55. The first-order valence-corrected chi connectivity index (χ1v) is 5.41. The molecule has 2 N–H and O–H groups in total. The third-order valence-electron chi connectivity index (χ3n) is 2.67. The molecule has 0 saturated heterocycles. The summed E-state index contributed by atoms with van der Waals surface area (Å²) in [6.45, 7) is 5.49. The molecule has 0 aromatic heterocycles. The van der Waals surface area contributed by atoms with Crippen molar-refractivity contribution in [1.82, 2.24) is 10.6 Å². The summed E-state index contributed by atoms with van der Waals surface area (Å²) in [6, 6.07) is 0. The molecule has 0 radical (unpaired) electrons. The Bertz CT molecular complexity index is 188. The van der Waals surface area contributed by atoms with Gasteiger partial charge in [-0.2, -0.15) is 0 Å². The van der Waals surface area contributed by atoms with Gasteiger partial charge in [-0.15, -0.1) is 6.58 Å². The van der Waals surface area contributed by atoms with Crippen LogP contribution in [0.5, 0.6) is 0 Å². The van der Waals surface area contributed by atoms with E-state index in [4.69, 9.17) is 0 Å². The van der Waals surface area contributed by atoms with Crippen LogP contribution in [0.1, 0.15) is 25.7 Å². The van der Waals surface area contributed by atoms with Crippen LogP contribution in [0.25, 0.3) is 0 Å². The van der Waals surface area contributed by atoms with Gasteiger partial charge in [0.05, 0.1) is 6.54 Å². The maximum absolute atomic E-state index is 11.2. The molecule has 3 nitrogen and oxygen atoms in total. The molecule has 1 aliphatic rings. The van der Waals surface area contributed by atoms with Crippen LogP contribution in [0.15, 0.2) is 12.7 Å². The maximum atomic E-state index is 11.2. The molecular formula is C11H20N2O. The molecule has 0 unspecified atom stereocenters. The second-order valence-corrected chi connectivity index (χ2v) is 3.86. The van der Waals surface area contributed by atoms with Gasteiger partial charge in [-0.3, -0.25) is 4.79 Å². The van der Waals surface area contributed by atoms with Crippen molar-refractivity contribution in [2.75, 3.05) is 19.6 Å². The minimum absolute atomic E-state index is 0.0890. The first kappa shape index (κ1) is 11.2. The number of hydrogen-bond acceptors (Lipinski definition) is 2. The first-order valence-electron chi connectivity index (χ1n) is 5.41. The SMILES string of the molecule is C=CCNCC(=O)NCCC1CCC1. The van der Waals surface area contributed by atoms with Crippen LogP contribution in [0.2, 0.25) is 0 Å². The van der Waals surface area contributed by atoms with E-state index in [0.717, 1.165) is 18.9 Å². The molecule has 1 amide bonds. The third kappa shape index (κ3) is 4.42. The van der Waals surface area contributed by atoms with Crippen LogP contribution < -0.4 is 10.6 Å². The van der Waals surface area contributed by atoms with Gasteiger partial charge in [-0.25, -0.2) is 0 Å². The molecule has 0 spiro atoms. The topological polar surface area (TPSA) is 41.1 Å². The monoisotopic (exact) mass is 196 g/mol. The molecule has 0 aromatic carbocycles. The third-order valence-corrected chi connectivity index (χ3v) is 2.67. The number of carbonyl (C=O) groups excluding carboxylic acids is 1. The minimum Gasteiger partial charge on any atom is -0.355 e. The highest BCUT2D eigenvalue weighted by molar-refractivity contribution is 5.77. The van der Waals surface area contributed by atoms with Crippen LogP contribution in [0.3, 0.4) is 0 Å². The van der Waals surface area contributed by atoms with Crippen LogP contribution in [0, 0.1) is 5.92 Å². The van der Waals surface area contributed by atoms with E-state index in [1.807, 2.05) is 0 Å². The van der Waals surface area contributed by atoms with E-state index in [9.17, 15) is 4.79 Å². The normalized spacial score (nSPS) is 16.0. The Balaban J connectivity index is 1.89. The Morgan fingerprint density at radius 3 is 2.86 bits per heavy atom. The molecule has 0 atom stereocenters. The van der Waals surface area contributed by atoms with Gasteiger partial charge in [-0.05, 0) is 12.3 Å². The average molecular weight is 196 g/mol. The van der Waals surface area contributed by atoms with Gasteiger partial charge >= 0.3 is 0 Å². The average Bonchev–Trinajstić information content (AvgIpc) is 2.10. The van der Waals surface area contributed by atoms with Gasteiger partial charge < -0.3 is 10.6 Å². The molecule has 1 saturated carbocycles. The van der Waals surface area contributed by atoms with Crippen molar-refractivity contribution in [3.63, 3.8) is 0 Å². The molecule has 1 fully saturated rings. The second kappa shape index (κ2) is 6.60. The Labute approximate surface area is 86.0 Å². The van der Waals surface area contributed by atoms with Crippen molar-refractivity contribution in [1.29, 1.82) is 0 Å². The Morgan fingerprint density at radius 1 is 1.50 bits per heavy atom. The van der Waals surface area contributed by atoms with E-state index < -0.39 is 0 Å². The Morgan fingerprint density at radius 2 is 2.29 bits per heavy atom. The fraction of sp³-hybridized carbons (Fsp3) is 0.727. The minimum atomic E-state index is 0.0890. The van der Waals surface area contributed by atoms with Crippen molar-refractivity contribution in [2.24, 2.45) is 5.92 Å². The van der Waals surface area contributed by atoms with Crippen molar-refractivity contribution in [2.45, 2.75) is 25.7 Å². The van der Waals surface area contributed by atoms with E-state index in [1.54, 1.807) is 6.08 Å². The molecule has 80 valence electrons. The van der Waals surface area contributed by atoms with Crippen LogP contribution >= 0.6 is 0 Å². The summed E-state index contributed by atoms with van der Waals surface area (Å²) in [5, 5.41) is 5.88. The number of hydrogen-bond donors (Lipinski definition) is 2. The summed E-state index contributed by atoms with van der Waals surface area (Å²) in [4.78, 5) is 11.2. The van der Waals surface area contributed by atoms with E-state index in [1.165, 1.54) is 19.3 Å². The van der Waals surface area contributed by atoms with Crippen LogP contribution in [-0.2, 0) is 4.79 Å². The van der Waals surface area contributed by atoms with Crippen molar-refractivity contribution in [3.05, 3.63) is 12.7 Å². The lowest BCUT2D eigenvalue weighted by molar-refractivity contribution is -0.120. The van der Waals surface area contributed by atoms with Crippen molar-refractivity contribution >= 4 is 5.91 Å². The number of carbonyl (C=O) groups is 1. The lowest BCUT2D eigenvalue weighted by atomic mass is 9.83. The summed E-state index contributed by atoms with van der Waals surface area (Å²) < 4.78 is 0. The maximum Gasteiger partial charge on any atom is 0.233 e. The summed E-state index contributed by atoms with van der Waals surface area (Å²) >= 11 is 0. The summed E-state index contributed by atoms with van der Waals surface area (Å²) in [5.74, 6) is 0.961. The molecule has 0 heterocycles. The molecule has 0 bridgehead atoms. The second-order valence-electron chi connectivity index (χ2n) is 3.86. The van der Waals surface area contributed by atoms with Crippen LogP contribution in [0.4, 0.5) is 0 Å². The zero-order valence-corrected chi connectivity index (χ0v) is 8.72. The molecule has 14 heavy (non-hydrogen) atoms. The van der Waals surface area contributed by atoms with Gasteiger partial charge in [0, 0.05) is 13.1 Å². The van der Waals surface area contributed by atoms with E-state index in [0.29, 0.717) is 13.1 Å². The summed E-state index contributed by atoms with van der Waals surface area (Å²) in [7, 11) is 0. The standard InChI is InChI=1S/C11H20N2O/c1-2-7-12-9-11(14)13-8-6-10-4-3-5-10/h2,10,12H,1,3-9H2,(H,13,14). The predicted molar refractivity (Wildman–Crippen MR) is 58.0 cm³/mol. The zero-order chi connectivity index (χ0) is 10.2. The molecule has 0 aliphatic heterocycles. The largest absolute Gasteiger partial charge is 0.355 e. The van der Waals surface area contributed by atoms with Crippen molar-refractivity contribution in [3.8, 4) is 0 Å². The fourth-order valence-corrected chi connectivity index (χ4v) is 1.55. The summed E-state index contributed by atoms with van der Waals surface area (Å²) in [5.41, 5.74) is 0. The Hall–Kier alpha value is -0.830. The van der Waals surface area contributed by atoms with E-state index in [-0.39, 0.29) is 5.91 Å². The highest BCUT2D eigenvalue weighted by atomic mass is 16.1. The van der Waals surface area contributed by atoms with Crippen LogP contribution in [-0.4, -0.2) is 25.5 Å². The number of amides is 1. The van der Waals surface area contributed by atoms with Gasteiger partial charge in [0.15, 0.2) is 0 Å². The van der Waals surface area contributed by atoms with Gasteiger partial charge in [0.1, 0.15) is 0 Å². The zero-order valence-electron chi connectivity index (χ0n) is 8.72. The van der Waals surface area contributed by atoms with Gasteiger partial charge in [0.2, 0.25) is 5.91 Å². The molecule has 3 heteroatoms. The lowest BCUT2D eigenvalue weighted by Gasteiger charge is -2.25. The highest BCUT2D eigenvalue weighted by Gasteiger charge is 2.16. The van der Waals surface area contributed by atoms with Gasteiger partial charge in [-0.1, -0.05) is 25.3 Å². The lowest BCUT2D eigenvalue weighted by Crippen LogP contribution is -2.35. The quantitative estimate of drug-likeness (QED) is 0.472. The molecule has 1 aliphatic carbocycles. The predicted octanol–water partition coefficient (Wildman–Crippen LogP) is 1.07. The van der Waals surface area contributed by atoms with Gasteiger partial charge in [0.25, 0.3) is 0 Å². The van der Waals surface area contributed by atoms with E-state index in [2.05, 4.69) is 17.2 Å². The molecule has 0 aromatic rings. The Kier molecular flexibility index (Phi) is 5.30. The summed E-state index contributed by atoms with van der Waals surface area (Å²) in [6.07, 6.45) is 6.98.